The Morgan fingerprint density at radius 2 is 2.00 bits per heavy atom. The molecule has 0 aromatic carbocycles. The first-order chi connectivity index (χ1) is 9.45. The van der Waals surface area contributed by atoms with E-state index in [2.05, 4.69) is 0 Å². The summed E-state index contributed by atoms with van der Waals surface area (Å²) in [4.78, 5) is 0. The molecule has 0 radical (unpaired) electrons. The van der Waals surface area contributed by atoms with Gasteiger partial charge in [0.25, 0.3) is 10.1 Å². The van der Waals surface area contributed by atoms with Gasteiger partial charge in [0, 0.05) is 11.8 Å². The van der Waals surface area contributed by atoms with Gasteiger partial charge >= 0.3 is 5.25 Å². The lowest BCUT2D eigenvalue weighted by Crippen LogP contribution is -2.39. The van der Waals surface area contributed by atoms with Gasteiger partial charge in [0.05, 0.1) is 11.4 Å². The van der Waals surface area contributed by atoms with Gasteiger partial charge in [-0.2, -0.15) is 17.2 Å². The monoisotopic (exact) mass is 345 g/mol. The van der Waals surface area contributed by atoms with Crippen molar-refractivity contribution >= 4 is 20.2 Å². The van der Waals surface area contributed by atoms with Crippen LogP contribution in [-0.2, 0) is 24.4 Å². The highest BCUT2D eigenvalue weighted by Crippen LogP contribution is 2.59. The molecule has 2 saturated carbocycles. The summed E-state index contributed by atoms with van der Waals surface area (Å²) >= 11 is 0. The first kappa shape index (κ1) is 15.6. The highest BCUT2D eigenvalue weighted by Gasteiger charge is 2.64. The van der Waals surface area contributed by atoms with E-state index >= 15 is 0 Å². The zero-order valence-corrected chi connectivity index (χ0v) is 12.7. The van der Waals surface area contributed by atoms with Crippen LogP contribution in [-0.4, -0.2) is 38.0 Å². The lowest BCUT2D eigenvalue weighted by molar-refractivity contribution is -0.000353. The maximum atomic E-state index is 13.6. The average Bonchev–Trinajstić information content (AvgIpc) is 2.91. The molecule has 122 valence electrons. The van der Waals surface area contributed by atoms with Crippen molar-refractivity contribution < 1.29 is 34.4 Å². The van der Waals surface area contributed by atoms with Crippen molar-refractivity contribution in [3.05, 3.63) is 0 Å². The van der Waals surface area contributed by atoms with Gasteiger partial charge in [0.2, 0.25) is 0 Å². The second kappa shape index (κ2) is 4.36. The van der Waals surface area contributed by atoms with E-state index < -0.39 is 48.7 Å². The van der Waals surface area contributed by atoms with Gasteiger partial charge in [-0.15, -0.1) is 0 Å². The van der Waals surface area contributed by atoms with Crippen molar-refractivity contribution in [1.29, 1.82) is 0 Å². The Kier molecular flexibility index (Phi) is 3.23. The SMILES string of the molecule is CC(CC1C2CC3C1OS(=O)(=O)C3C2)C(F)(F)S(=O)(=O)[O-]. The second-order valence-electron chi connectivity index (χ2n) is 6.30. The van der Waals surface area contributed by atoms with Crippen LogP contribution in [0.25, 0.3) is 0 Å². The van der Waals surface area contributed by atoms with Crippen LogP contribution in [0, 0.1) is 23.7 Å². The topological polar surface area (TPSA) is 101 Å². The average molecular weight is 345 g/mol. The minimum Gasteiger partial charge on any atom is -0.743 e. The highest BCUT2D eigenvalue weighted by atomic mass is 32.2. The minimum atomic E-state index is -5.74. The molecule has 1 aliphatic heterocycles. The fourth-order valence-electron chi connectivity index (χ4n) is 4.17. The summed E-state index contributed by atoms with van der Waals surface area (Å²) in [5, 5.41) is -4.91. The predicted octanol–water partition coefficient (Wildman–Crippen LogP) is 0.904. The molecule has 0 aromatic heterocycles. The molecule has 0 aromatic rings. The molecule has 1 heterocycles. The van der Waals surface area contributed by atoms with E-state index in [-0.39, 0.29) is 18.3 Å². The van der Waals surface area contributed by atoms with E-state index in [0.29, 0.717) is 12.8 Å². The molecule has 0 N–H and O–H groups in total. The molecule has 6 unspecified atom stereocenters. The highest BCUT2D eigenvalue weighted by molar-refractivity contribution is 7.87. The first-order valence-electron chi connectivity index (χ1n) is 6.70. The summed E-state index contributed by atoms with van der Waals surface area (Å²) in [5.41, 5.74) is 0. The molecule has 0 amide bonds. The Morgan fingerprint density at radius 1 is 1.38 bits per heavy atom. The van der Waals surface area contributed by atoms with E-state index in [1.54, 1.807) is 0 Å². The third-order valence-corrected chi connectivity index (χ3v) is 8.03. The zero-order valence-electron chi connectivity index (χ0n) is 11.1. The number of halogens is 2. The summed E-state index contributed by atoms with van der Waals surface area (Å²) < 4.78 is 87.6. The largest absolute Gasteiger partial charge is 0.743 e. The quantitative estimate of drug-likeness (QED) is 0.554. The number of alkyl halides is 2. The van der Waals surface area contributed by atoms with Crippen molar-refractivity contribution in [1.82, 2.24) is 0 Å². The van der Waals surface area contributed by atoms with Crippen molar-refractivity contribution in [3.63, 3.8) is 0 Å². The Hall–Kier alpha value is -0.320. The van der Waals surface area contributed by atoms with E-state index in [4.69, 9.17) is 4.18 Å². The number of rotatable bonds is 4. The van der Waals surface area contributed by atoms with Crippen LogP contribution in [0.5, 0.6) is 0 Å². The lowest BCUT2D eigenvalue weighted by Gasteiger charge is -2.32. The maximum absolute atomic E-state index is 13.6. The molecule has 2 aliphatic carbocycles. The van der Waals surface area contributed by atoms with E-state index in [1.807, 2.05) is 0 Å². The maximum Gasteiger partial charge on any atom is 0.337 e. The van der Waals surface area contributed by atoms with Gasteiger partial charge in [-0.05, 0) is 31.1 Å². The molecule has 6 nitrogen and oxygen atoms in total. The van der Waals surface area contributed by atoms with Gasteiger partial charge in [0.15, 0.2) is 10.1 Å². The Balaban J connectivity index is 1.79. The molecule has 21 heavy (non-hydrogen) atoms. The summed E-state index contributed by atoms with van der Waals surface area (Å²) in [7, 11) is -9.37. The van der Waals surface area contributed by atoms with Crippen molar-refractivity contribution in [2.24, 2.45) is 23.7 Å². The standard InChI is InChI=1S/C11H16F2O6S2/c1-5(11(12,13)21(16,17)18)2-7-6-3-8-9(4-6)20(14,15)19-10(7)8/h5-10H,2-4H2,1H3,(H,16,17,18)/p-1. The summed E-state index contributed by atoms with van der Waals surface area (Å²) in [5.74, 6) is -2.36. The van der Waals surface area contributed by atoms with Crippen LogP contribution in [0.3, 0.4) is 0 Å². The Morgan fingerprint density at radius 3 is 2.57 bits per heavy atom. The van der Waals surface area contributed by atoms with Gasteiger partial charge < -0.3 is 4.55 Å². The van der Waals surface area contributed by atoms with Crippen LogP contribution in [0.1, 0.15) is 26.2 Å². The molecule has 2 bridgehead atoms. The van der Waals surface area contributed by atoms with Crippen molar-refractivity contribution in [2.75, 3.05) is 0 Å². The molecule has 10 heteroatoms. The van der Waals surface area contributed by atoms with Gasteiger partial charge in [-0.25, -0.2) is 8.42 Å². The molecule has 0 spiro atoms. The smallest absolute Gasteiger partial charge is 0.337 e. The molecule has 6 atom stereocenters. The van der Waals surface area contributed by atoms with E-state index in [1.165, 1.54) is 0 Å². The molecule has 3 fully saturated rings. The molecule has 3 aliphatic rings. The second-order valence-corrected chi connectivity index (χ2v) is 9.54. The fraction of sp³-hybridized carbons (Fsp3) is 1.00. The van der Waals surface area contributed by atoms with Gasteiger partial charge in [-0.3, -0.25) is 4.18 Å². The van der Waals surface area contributed by atoms with E-state index in [9.17, 15) is 30.2 Å². The Labute approximate surface area is 121 Å². The Bertz CT molecular complexity index is 658. The summed E-state index contributed by atoms with van der Waals surface area (Å²) in [6.07, 6.45) is 0.0900. The van der Waals surface area contributed by atoms with Crippen LogP contribution in [0.4, 0.5) is 8.78 Å². The van der Waals surface area contributed by atoms with Gasteiger partial charge in [-0.1, -0.05) is 6.92 Å². The molecule has 1 saturated heterocycles. The molecule has 3 rings (SSSR count). The summed E-state index contributed by atoms with van der Waals surface area (Å²) in [6.45, 7) is 1.00. The van der Waals surface area contributed by atoms with Crippen LogP contribution < -0.4 is 0 Å². The predicted molar refractivity (Wildman–Crippen MR) is 65.7 cm³/mol. The summed E-state index contributed by atoms with van der Waals surface area (Å²) in [6, 6.07) is 0. The van der Waals surface area contributed by atoms with E-state index in [0.717, 1.165) is 6.92 Å². The third-order valence-electron chi connectivity index (χ3n) is 5.19. The van der Waals surface area contributed by atoms with Gasteiger partial charge in [0.1, 0.15) is 0 Å². The minimum absolute atomic E-state index is 0.0603. The fourth-order valence-corrected chi connectivity index (χ4v) is 6.68. The first-order valence-corrected chi connectivity index (χ1v) is 9.58. The number of hydrogen-bond donors (Lipinski definition) is 0. The van der Waals surface area contributed by atoms with Crippen molar-refractivity contribution in [3.8, 4) is 0 Å². The molecular formula is C11H15F2O6S2-. The number of fused-ring (bicyclic) bond motifs is 1. The number of hydrogen-bond acceptors (Lipinski definition) is 6. The van der Waals surface area contributed by atoms with Crippen molar-refractivity contribution in [2.45, 2.75) is 42.8 Å². The van der Waals surface area contributed by atoms with Crippen LogP contribution in [0.2, 0.25) is 0 Å². The zero-order chi connectivity index (χ0) is 15.8. The lowest BCUT2D eigenvalue weighted by atomic mass is 9.80. The third kappa shape index (κ3) is 2.13. The van der Waals surface area contributed by atoms with Crippen LogP contribution >= 0.6 is 0 Å². The molecular weight excluding hydrogens is 330 g/mol. The normalized spacial score (nSPS) is 42.4. The van der Waals surface area contributed by atoms with Crippen LogP contribution in [0.15, 0.2) is 0 Å².